The second-order valence-electron chi connectivity index (χ2n) is 9.08. The number of H-pyrrole nitrogens is 1. The molecule has 1 aromatic heterocycles. The maximum absolute atomic E-state index is 6.66. The minimum absolute atomic E-state index is 0.0795. The van der Waals surface area contributed by atoms with Crippen molar-refractivity contribution in [1.29, 1.82) is 0 Å². The summed E-state index contributed by atoms with van der Waals surface area (Å²) >= 11 is 6.66. The Morgan fingerprint density at radius 3 is 2.48 bits per heavy atom. The summed E-state index contributed by atoms with van der Waals surface area (Å²) in [4.78, 5) is 7.92. The van der Waals surface area contributed by atoms with Gasteiger partial charge in [-0.05, 0) is 49.1 Å². The van der Waals surface area contributed by atoms with Crippen LogP contribution in [0.1, 0.15) is 18.9 Å². The van der Waals surface area contributed by atoms with Crippen molar-refractivity contribution in [3.05, 3.63) is 71.2 Å². The molecule has 3 atom stereocenters. The van der Waals surface area contributed by atoms with Gasteiger partial charge < -0.3 is 19.2 Å². The lowest BCUT2D eigenvalue weighted by Gasteiger charge is -2.27. The molecule has 0 saturated carbocycles. The van der Waals surface area contributed by atoms with Crippen LogP contribution in [-0.4, -0.2) is 41.0 Å². The van der Waals surface area contributed by atoms with E-state index in [1.54, 1.807) is 0 Å². The Bertz CT molecular complexity index is 1320. The normalized spacial score (nSPS) is 24.3. The zero-order valence-corrected chi connectivity index (χ0v) is 19.4. The molecule has 2 fully saturated rings. The first kappa shape index (κ1) is 20.7. The number of hydrogen-bond donors (Lipinski definition) is 1. The molecule has 0 radical (unpaired) electrons. The molecular weight excluding hydrogens is 436 g/mol. The highest BCUT2D eigenvalue weighted by Gasteiger charge is 2.54. The third kappa shape index (κ3) is 3.61. The van der Waals surface area contributed by atoms with Gasteiger partial charge in [-0.25, -0.2) is 0 Å². The Kier molecular flexibility index (Phi) is 4.94. The number of fused-ring (bicyclic) bond motifs is 2. The fourth-order valence-electron chi connectivity index (χ4n) is 4.84. The molecule has 0 bridgehead atoms. The zero-order valence-electron chi connectivity index (χ0n) is 18.6. The Morgan fingerprint density at radius 1 is 1.03 bits per heavy atom. The van der Waals surface area contributed by atoms with Gasteiger partial charge in [0.05, 0.1) is 35.4 Å². The number of ether oxygens (including phenoxy) is 3. The highest BCUT2D eigenvalue weighted by Crippen LogP contribution is 2.39. The van der Waals surface area contributed by atoms with Crippen LogP contribution in [0, 0.1) is 6.92 Å². The molecule has 0 spiro atoms. The lowest BCUT2D eigenvalue weighted by molar-refractivity contribution is -0.0551. The molecule has 2 saturated heterocycles. The third-order valence-electron chi connectivity index (χ3n) is 6.90. The van der Waals surface area contributed by atoms with Crippen LogP contribution in [-0.2, 0) is 9.47 Å². The van der Waals surface area contributed by atoms with Crippen molar-refractivity contribution in [2.75, 3.05) is 13.2 Å². The van der Waals surface area contributed by atoms with E-state index in [0.29, 0.717) is 24.2 Å². The van der Waals surface area contributed by atoms with Gasteiger partial charge in [0.25, 0.3) is 6.01 Å². The highest BCUT2D eigenvalue weighted by atomic mass is 35.5. The summed E-state index contributed by atoms with van der Waals surface area (Å²) in [6.45, 7) is 5.35. The quantitative estimate of drug-likeness (QED) is 0.395. The largest absolute Gasteiger partial charge is 0.456 e. The molecule has 3 heterocycles. The second kappa shape index (κ2) is 7.87. The van der Waals surface area contributed by atoms with E-state index in [1.165, 1.54) is 16.7 Å². The standard InChI is InChI=1S/C27H25ClN2O3/c1-16-3-5-17(6-4-16)18-7-9-19(10-8-18)20-13-22-23(14-21(20)28)30-26(29-22)33-25-15-31-24-11-12-32-27(24,25)2/h3-10,13-14,24-25H,11-12,15H2,1-2H3,(H,29,30). The average molecular weight is 461 g/mol. The fraction of sp³-hybridized carbons (Fsp3) is 0.296. The van der Waals surface area contributed by atoms with Gasteiger partial charge in [-0.15, -0.1) is 0 Å². The number of rotatable bonds is 4. The van der Waals surface area contributed by atoms with E-state index in [9.17, 15) is 0 Å². The summed E-state index contributed by atoms with van der Waals surface area (Å²) in [7, 11) is 0. The van der Waals surface area contributed by atoms with Gasteiger partial charge in [0.2, 0.25) is 0 Å². The molecule has 6 rings (SSSR count). The van der Waals surface area contributed by atoms with Crippen LogP contribution in [0.4, 0.5) is 0 Å². The molecule has 0 aliphatic carbocycles. The van der Waals surface area contributed by atoms with Gasteiger partial charge in [0.1, 0.15) is 5.60 Å². The molecular formula is C27H25ClN2O3. The topological polar surface area (TPSA) is 56.4 Å². The molecule has 2 aliphatic rings. The Hall–Kier alpha value is -2.86. The van der Waals surface area contributed by atoms with Crippen molar-refractivity contribution in [1.82, 2.24) is 9.97 Å². The zero-order chi connectivity index (χ0) is 22.6. The van der Waals surface area contributed by atoms with E-state index in [2.05, 4.69) is 72.3 Å². The molecule has 3 aromatic carbocycles. The van der Waals surface area contributed by atoms with Gasteiger partial charge in [-0.1, -0.05) is 65.7 Å². The van der Waals surface area contributed by atoms with E-state index >= 15 is 0 Å². The number of hydrogen-bond acceptors (Lipinski definition) is 4. The monoisotopic (exact) mass is 460 g/mol. The van der Waals surface area contributed by atoms with Crippen LogP contribution < -0.4 is 4.74 Å². The van der Waals surface area contributed by atoms with Gasteiger partial charge in [-0.3, -0.25) is 0 Å². The SMILES string of the molecule is Cc1ccc(-c2ccc(-c3cc4nc(OC5COC6CCOC65C)[nH]c4cc3Cl)cc2)cc1. The smallest absolute Gasteiger partial charge is 0.295 e. The number of nitrogens with zero attached hydrogens (tertiary/aromatic N) is 1. The van der Waals surface area contributed by atoms with E-state index in [0.717, 1.165) is 28.6 Å². The number of aromatic amines is 1. The number of aryl methyl sites for hydroxylation is 1. The van der Waals surface area contributed by atoms with Crippen molar-refractivity contribution in [2.24, 2.45) is 0 Å². The first-order valence-corrected chi connectivity index (χ1v) is 11.7. The molecule has 168 valence electrons. The van der Waals surface area contributed by atoms with E-state index in [1.807, 2.05) is 12.1 Å². The van der Waals surface area contributed by atoms with Crippen molar-refractivity contribution in [3.8, 4) is 28.3 Å². The molecule has 6 heteroatoms. The van der Waals surface area contributed by atoms with Crippen molar-refractivity contribution in [2.45, 2.75) is 38.1 Å². The van der Waals surface area contributed by atoms with Crippen LogP contribution in [0.15, 0.2) is 60.7 Å². The predicted molar refractivity (Wildman–Crippen MR) is 130 cm³/mol. The summed E-state index contributed by atoms with van der Waals surface area (Å²) < 4.78 is 18.0. The van der Waals surface area contributed by atoms with Gasteiger partial charge >= 0.3 is 0 Å². The van der Waals surface area contributed by atoms with Crippen LogP contribution >= 0.6 is 11.6 Å². The van der Waals surface area contributed by atoms with E-state index < -0.39 is 5.60 Å². The van der Waals surface area contributed by atoms with Crippen molar-refractivity contribution < 1.29 is 14.2 Å². The number of halogens is 1. The van der Waals surface area contributed by atoms with Crippen molar-refractivity contribution >= 4 is 22.6 Å². The van der Waals surface area contributed by atoms with Gasteiger partial charge in [0, 0.05) is 5.56 Å². The maximum atomic E-state index is 6.66. The van der Waals surface area contributed by atoms with E-state index in [4.69, 9.17) is 25.8 Å². The lowest BCUT2D eigenvalue weighted by Crippen LogP contribution is -2.45. The first-order chi connectivity index (χ1) is 16.0. The summed E-state index contributed by atoms with van der Waals surface area (Å²) in [6, 6.07) is 21.3. The molecule has 3 unspecified atom stereocenters. The Morgan fingerprint density at radius 2 is 1.73 bits per heavy atom. The Balaban J connectivity index is 1.27. The van der Waals surface area contributed by atoms with Crippen molar-refractivity contribution in [3.63, 3.8) is 0 Å². The lowest BCUT2D eigenvalue weighted by atomic mass is 9.96. The molecule has 33 heavy (non-hydrogen) atoms. The summed E-state index contributed by atoms with van der Waals surface area (Å²) in [5.74, 6) is 0. The fourth-order valence-corrected chi connectivity index (χ4v) is 5.11. The number of imidazole rings is 1. The minimum Gasteiger partial charge on any atom is -0.456 e. The average Bonchev–Trinajstić information content (AvgIpc) is 3.47. The Labute approximate surface area is 197 Å². The van der Waals surface area contributed by atoms with Crippen LogP contribution in [0.3, 0.4) is 0 Å². The third-order valence-corrected chi connectivity index (χ3v) is 7.22. The summed E-state index contributed by atoms with van der Waals surface area (Å²) in [6.07, 6.45) is 0.781. The molecule has 2 aliphatic heterocycles. The molecule has 4 aromatic rings. The van der Waals surface area contributed by atoms with Crippen LogP contribution in [0.5, 0.6) is 6.01 Å². The van der Waals surface area contributed by atoms with Crippen LogP contribution in [0.2, 0.25) is 5.02 Å². The maximum Gasteiger partial charge on any atom is 0.295 e. The van der Waals surface area contributed by atoms with E-state index in [-0.39, 0.29) is 12.2 Å². The number of aromatic nitrogens is 2. The molecule has 0 amide bonds. The second-order valence-corrected chi connectivity index (χ2v) is 9.49. The minimum atomic E-state index is -0.430. The predicted octanol–water partition coefficient (Wildman–Crippen LogP) is 6.18. The summed E-state index contributed by atoms with van der Waals surface area (Å²) in [5.41, 5.74) is 6.81. The highest BCUT2D eigenvalue weighted by molar-refractivity contribution is 6.34. The summed E-state index contributed by atoms with van der Waals surface area (Å²) in [5, 5.41) is 0.663. The van der Waals surface area contributed by atoms with Crippen LogP contribution in [0.25, 0.3) is 33.3 Å². The number of benzene rings is 3. The van der Waals surface area contributed by atoms with Gasteiger partial charge in [-0.2, -0.15) is 4.98 Å². The molecule has 5 nitrogen and oxygen atoms in total. The molecule has 1 N–H and O–H groups in total. The first-order valence-electron chi connectivity index (χ1n) is 11.3. The number of nitrogens with one attached hydrogen (secondary N) is 1. The van der Waals surface area contributed by atoms with Gasteiger partial charge in [0.15, 0.2) is 6.10 Å².